The number of ether oxygens (including phenoxy) is 2. The van der Waals surface area contributed by atoms with Crippen LogP contribution in [0.25, 0.3) is 0 Å². The van der Waals surface area contributed by atoms with E-state index >= 15 is 0 Å². The van der Waals surface area contributed by atoms with Gasteiger partial charge in [0.1, 0.15) is 0 Å². The molecule has 0 bridgehead atoms. The van der Waals surface area contributed by atoms with Gasteiger partial charge < -0.3 is 20.1 Å². The molecule has 0 amide bonds. The Kier molecular flexibility index (Phi) is 4.12. The van der Waals surface area contributed by atoms with Gasteiger partial charge >= 0.3 is 0 Å². The van der Waals surface area contributed by atoms with Crippen LogP contribution in [0.15, 0.2) is 4.99 Å². The smallest absolute Gasteiger partial charge is 0.191 e. The molecule has 0 radical (unpaired) electrons. The van der Waals surface area contributed by atoms with Crippen molar-refractivity contribution in [1.82, 2.24) is 4.90 Å². The van der Waals surface area contributed by atoms with E-state index in [1.165, 1.54) is 0 Å². The zero-order valence-electron chi connectivity index (χ0n) is 11.7. The van der Waals surface area contributed by atoms with E-state index in [1.807, 2.05) is 0 Å². The first-order valence-electron chi connectivity index (χ1n) is 6.75. The highest BCUT2D eigenvalue weighted by molar-refractivity contribution is 5.80. The molecule has 2 aliphatic rings. The van der Waals surface area contributed by atoms with E-state index < -0.39 is 0 Å². The molecule has 0 spiro atoms. The second-order valence-electron chi connectivity index (χ2n) is 5.81. The molecule has 5 heteroatoms. The summed E-state index contributed by atoms with van der Waals surface area (Å²) in [6, 6.07) is 0.337. The first kappa shape index (κ1) is 13.6. The summed E-state index contributed by atoms with van der Waals surface area (Å²) in [4.78, 5) is 6.56. The Morgan fingerprint density at radius 3 is 2.94 bits per heavy atom. The second kappa shape index (κ2) is 5.45. The van der Waals surface area contributed by atoms with Gasteiger partial charge in [-0.25, -0.2) is 0 Å². The molecule has 104 valence electrons. The molecule has 1 saturated heterocycles. The van der Waals surface area contributed by atoms with Crippen LogP contribution in [0.3, 0.4) is 0 Å². The maximum atomic E-state index is 5.99. The fourth-order valence-electron chi connectivity index (χ4n) is 2.65. The third kappa shape index (κ3) is 3.14. The monoisotopic (exact) mass is 255 g/mol. The lowest BCUT2D eigenvalue weighted by Gasteiger charge is -2.33. The van der Waals surface area contributed by atoms with E-state index in [9.17, 15) is 0 Å². The highest BCUT2D eigenvalue weighted by Crippen LogP contribution is 2.24. The summed E-state index contributed by atoms with van der Waals surface area (Å²) < 4.78 is 11.2. The Hall–Kier alpha value is -0.810. The molecule has 0 aromatic rings. The van der Waals surface area contributed by atoms with Gasteiger partial charge in [0.05, 0.1) is 24.3 Å². The van der Waals surface area contributed by atoms with Crippen molar-refractivity contribution in [3.63, 3.8) is 0 Å². The Bertz CT molecular complexity index is 311. The number of methoxy groups -OCH3 is 1. The molecular weight excluding hydrogens is 230 g/mol. The summed E-state index contributed by atoms with van der Waals surface area (Å²) in [5.74, 6) is 0.655. The fraction of sp³-hybridized carbons (Fsp3) is 0.923. The van der Waals surface area contributed by atoms with Crippen molar-refractivity contribution < 1.29 is 9.47 Å². The van der Waals surface area contributed by atoms with Crippen molar-refractivity contribution in [3.05, 3.63) is 0 Å². The molecule has 2 aliphatic heterocycles. The summed E-state index contributed by atoms with van der Waals surface area (Å²) in [7, 11) is 1.75. The Morgan fingerprint density at radius 2 is 2.33 bits per heavy atom. The van der Waals surface area contributed by atoms with Crippen molar-refractivity contribution >= 4 is 5.96 Å². The normalized spacial score (nSPS) is 28.8. The fourth-order valence-corrected chi connectivity index (χ4v) is 2.65. The molecule has 5 nitrogen and oxygen atoms in total. The van der Waals surface area contributed by atoms with Gasteiger partial charge in [0.25, 0.3) is 0 Å². The van der Waals surface area contributed by atoms with Gasteiger partial charge in [-0.15, -0.1) is 0 Å². The van der Waals surface area contributed by atoms with Gasteiger partial charge in [-0.3, -0.25) is 4.99 Å². The maximum Gasteiger partial charge on any atom is 0.191 e. The average molecular weight is 255 g/mol. The second-order valence-corrected chi connectivity index (χ2v) is 5.81. The Labute approximate surface area is 109 Å². The van der Waals surface area contributed by atoms with Gasteiger partial charge in [-0.1, -0.05) is 0 Å². The Morgan fingerprint density at radius 1 is 1.56 bits per heavy atom. The Balaban J connectivity index is 1.93. The number of aliphatic imine (C=N–C) groups is 1. The van der Waals surface area contributed by atoms with Crippen molar-refractivity contribution in [3.8, 4) is 0 Å². The molecule has 2 atom stereocenters. The van der Waals surface area contributed by atoms with Crippen LogP contribution in [0.1, 0.15) is 33.1 Å². The van der Waals surface area contributed by atoms with Gasteiger partial charge in [0.2, 0.25) is 0 Å². The first-order chi connectivity index (χ1) is 8.52. The van der Waals surface area contributed by atoms with Crippen LogP contribution in [0.5, 0.6) is 0 Å². The molecule has 2 N–H and O–H groups in total. The minimum absolute atomic E-state index is 0.139. The molecule has 2 rings (SSSR count). The molecule has 0 saturated carbocycles. The topological polar surface area (TPSA) is 60.1 Å². The van der Waals surface area contributed by atoms with Gasteiger partial charge in [0.15, 0.2) is 5.96 Å². The van der Waals surface area contributed by atoms with Crippen molar-refractivity contribution in [2.24, 2.45) is 10.7 Å². The zero-order valence-corrected chi connectivity index (χ0v) is 11.7. The number of rotatable bonds is 5. The predicted molar refractivity (Wildman–Crippen MR) is 71.7 cm³/mol. The van der Waals surface area contributed by atoms with Crippen molar-refractivity contribution in [2.45, 2.75) is 50.9 Å². The van der Waals surface area contributed by atoms with Crippen LogP contribution < -0.4 is 5.73 Å². The molecule has 0 aromatic carbocycles. The van der Waals surface area contributed by atoms with E-state index in [0.29, 0.717) is 18.1 Å². The van der Waals surface area contributed by atoms with E-state index in [0.717, 1.165) is 39.0 Å². The highest BCUT2D eigenvalue weighted by Gasteiger charge is 2.33. The lowest BCUT2D eigenvalue weighted by Crippen LogP contribution is -2.47. The molecule has 1 fully saturated rings. The summed E-state index contributed by atoms with van der Waals surface area (Å²) >= 11 is 0. The largest absolute Gasteiger partial charge is 0.379 e. The van der Waals surface area contributed by atoms with Crippen LogP contribution in [-0.2, 0) is 9.47 Å². The van der Waals surface area contributed by atoms with Crippen LogP contribution in [0, 0.1) is 0 Å². The van der Waals surface area contributed by atoms with Gasteiger partial charge in [0, 0.05) is 20.3 Å². The summed E-state index contributed by atoms with van der Waals surface area (Å²) in [5, 5.41) is 0. The van der Waals surface area contributed by atoms with E-state index in [4.69, 9.17) is 15.2 Å². The first-order valence-corrected chi connectivity index (χ1v) is 6.75. The van der Waals surface area contributed by atoms with Crippen molar-refractivity contribution in [1.29, 1.82) is 0 Å². The molecular formula is C13H25N3O2. The van der Waals surface area contributed by atoms with Crippen LogP contribution in [-0.4, -0.2) is 55.4 Å². The highest BCUT2D eigenvalue weighted by atomic mass is 16.5. The quantitative estimate of drug-likeness (QED) is 0.795. The minimum atomic E-state index is -0.139. The van der Waals surface area contributed by atoms with Crippen LogP contribution >= 0.6 is 0 Å². The summed E-state index contributed by atoms with van der Waals surface area (Å²) in [6.45, 7) is 6.71. The predicted octanol–water partition coefficient (Wildman–Crippen LogP) is 0.979. The summed E-state index contributed by atoms with van der Waals surface area (Å²) in [5.41, 5.74) is 5.85. The third-order valence-corrected chi connectivity index (χ3v) is 3.90. The number of nitrogens with two attached hydrogens (primary N) is 1. The van der Waals surface area contributed by atoms with E-state index in [2.05, 4.69) is 23.7 Å². The number of nitrogens with zero attached hydrogens (tertiary/aromatic N) is 2. The molecule has 2 unspecified atom stereocenters. The number of hydrogen-bond acceptors (Lipinski definition) is 5. The summed E-state index contributed by atoms with van der Waals surface area (Å²) in [6.07, 6.45) is 3.53. The van der Waals surface area contributed by atoms with Gasteiger partial charge in [-0.05, 0) is 33.1 Å². The lowest BCUT2D eigenvalue weighted by atomic mass is 9.98. The lowest BCUT2D eigenvalue weighted by molar-refractivity contribution is -0.00280. The van der Waals surface area contributed by atoms with Crippen LogP contribution in [0.2, 0.25) is 0 Å². The molecule has 0 aromatic heterocycles. The van der Waals surface area contributed by atoms with Gasteiger partial charge in [-0.2, -0.15) is 0 Å². The third-order valence-electron chi connectivity index (χ3n) is 3.90. The van der Waals surface area contributed by atoms with E-state index in [-0.39, 0.29) is 5.60 Å². The van der Waals surface area contributed by atoms with Crippen LogP contribution in [0.4, 0.5) is 0 Å². The molecule has 2 heterocycles. The van der Waals surface area contributed by atoms with Crippen molar-refractivity contribution in [2.75, 3.05) is 26.8 Å². The SMILES string of the molecule is COC(C)(C)CC1CN=C(N)N1CC1CCCO1. The molecule has 0 aliphatic carbocycles. The zero-order chi connectivity index (χ0) is 13.2. The maximum absolute atomic E-state index is 5.99. The average Bonchev–Trinajstić information content (AvgIpc) is 2.94. The van der Waals surface area contributed by atoms with E-state index in [1.54, 1.807) is 7.11 Å². The minimum Gasteiger partial charge on any atom is -0.379 e. The number of hydrogen-bond donors (Lipinski definition) is 1. The number of guanidine groups is 1. The molecule has 18 heavy (non-hydrogen) atoms. The standard InChI is InChI=1S/C13H25N3O2/c1-13(2,17-3)7-10-8-15-12(14)16(10)9-11-5-4-6-18-11/h10-11H,4-9H2,1-3H3,(H2,14,15).